The molecule has 0 aliphatic carbocycles. The molecule has 0 saturated carbocycles. The molecule has 1 heterocycles. The van der Waals surface area contributed by atoms with Crippen LogP contribution in [0.25, 0.3) is 0 Å². The molecule has 1 aliphatic heterocycles. The molecule has 0 unspecified atom stereocenters. The van der Waals surface area contributed by atoms with Crippen molar-refractivity contribution in [1.82, 2.24) is 4.90 Å². The van der Waals surface area contributed by atoms with Crippen molar-refractivity contribution in [1.29, 1.82) is 0 Å². The minimum Gasteiger partial charge on any atom is -0.497 e. The fraction of sp³-hybridized carbons (Fsp3) is 0.333. The van der Waals surface area contributed by atoms with Gasteiger partial charge in [0.1, 0.15) is 5.75 Å². The molecular weight excluding hydrogens is 252 g/mol. The Balaban J connectivity index is 2.05. The van der Waals surface area contributed by atoms with Crippen molar-refractivity contribution in [2.24, 2.45) is 0 Å². The molecule has 1 atom stereocenters. The molecule has 0 aromatic heterocycles. The SMILES string of the molecule is CCN1C(=O)S[C@@H](Nc2ccc(OC)cc2)C1=O. The predicted molar refractivity (Wildman–Crippen MR) is 70.8 cm³/mol. The van der Waals surface area contributed by atoms with E-state index >= 15 is 0 Å². The van der Waals surface area contributed by atoms with E-state index in [4.69, 9.17) is 4.74 Å². The van der Waals surface area contributed by atoms with E-state index < -0.39 is 5.37 Å². The summed E-state index contributed by atoms with van der Waals surface area (Å²) in [5, 5.41) is 2.30. The first-order valence-electron chi connectivity index (χ1n) is 5.58. The van der Waals surface area contributed by atoms with Crippen molar-refractivity contribution in [2.45, 2.75) is 12.3 Å². The zero-order valence-corrected chi connectivity index (χ0v) is 11.0. The number of benzene rings is 1. The zero-order chi connectivity index (χ0) is 13.1. The summed E-state index contributed by atoms with van der Waals surface area (Å²) in [6.45, 7) is 2.19. The molecular formula is C12H14N2O3S. The van der Waals surface area contributed by atoms with Gasteiger partial charge in [0, 0.05) is 12.2 Å². The highest BCUT2D eigenvalue weighted by Crippen LogP contribution is 2.28. The summed E-state index contributed by atoms with van der Waals surface area (Å²) in [6.07, 6.45) is 0. The predicted octanol–water partition coefficient (Wildman–Crippen LogP) is 2.15. The van der Waals surface area contributed by atoms with Crippen LogP contribution in [0.1, 0.15) is 6.92 Å². The topological polar surface area (TPSA) is 58.6 Å². The van der Waals surface area contributed by atoms with E-state index in [9.17, 15) is 9.59 Å². The van der Waals surface area contributed by atoms with Crippen LogP contribution in [-0.2, 0) is 4.79 Å². The van der Waals surface area contributed by atoms with Crippen LogP contribution in [0.4, 0.5) is 10.5 Å². The second-order valence-electron chi connectivity index (χ2n) is 3.72. The number of rotatable bonds is 4. The smallest absolute Gasteiger partial charge is 0.290 e. The van der Waals surface area contributed by atoms with Gasteiger partial charge in [-0.2, -0.15) is 0 Å². The summed E-state index contributed by atoms with van der Waals surface area (Å²) in [6, 6.07) is 7.22. The lowest BCUT2D eigenvalue weighted by Gasteiger charge is -2.13. The van der Waals surface area contributed by atoms with Gasteiger partial charge in [-0.15, -0.1) is 0 Å². The number of methoxy groups -OCH3 is 1. The standard InChI is InChI=1S/C12H14N2O3S/c1-3-14-11(15)10(18-12(14)16)13-8-4-6-9(17-2)7-5-8/h4-7,10,13H,3H2,1-2H3/t10-/m1/s1. The quantitative estimate of drug-likeness (QED) is 0.905. The molecule has 0 bridgehead atoms. The third-order valence-corrected chi connectivity index (χ3v) is 3.61. The van der Waals surface area contributed by atoms with E-state index in [2.05, 4.69) is 5.32 Å². The summed E-state index contributed by atoms with van der Waals surface area (Å²) < 4.78 is 5.05. The number of hydrogen-bond acceptors (Lipinski definition) is 5. The number of nitrogens with zero attached hydrogens (tertiary/aromatic N) is 1. The molecule has 1 saturated heterocycles. The molecule has 1 N–H and O–H groups in total. The molecule has 1 aromatic carbocycles. The molecule has 18 heavy (non-hydrogen) atoms. The maximum absolute atomic E-state index is 11.9. The highest BCUT2D eigenvalue weighted by Gasteiger charge is 2.38. The van der Waals surface area contributed by atoms with E-state index in [1.165, 1.54) is 4.90 Å². The van der Waals surface area contributed by atoms with Crippen molar-refractivity contribution in [3.63, 3.8) is 0 Å². The first-order chi connectivity index (χ1) is 8.65. The van der Waals surface area contributed by atoms with Crippen molar-refractivity contribution in [2.75, 3.05) is 19.0 Å². The monoisotopic (exact) mass is 266 g/mol. The highest BCUT2D eigenvalue weighted by molar-refractivity contribution is 8.15. The molecule has 5 nitrogen and oxygen atoms in total. The van der Waals surface area contributed by atoms with Crippen molar-refractivity contribution in [3.05, 3.63) is 24.3 Å². The lowest BCUT2D eigenvalue weighted by atomic mass is 10.3. The van der Waals surface area contributed by atoms with Crippen LogP contribution in [0.3, 0.4) is 0 Å². The lowest BCUT2D eigenvalue weighted by Crippen LogP contribution is -2.34. The molecule has 0 spiro atoms. The number of carbonyl (C=O) groups is 2. The van der Waals surface area contributed by atoms with Gasteiger partial charge in [0.2, 0.25) is 0 Å². The zero-order valence-electron chi connectivity index (χ0n) is 10.2. The Labute approximate surface area is 109 Å². The molecule has 2 amide bonds. The van der Waals surface area contributed by atoms with Gasteiger partial charge in [-0.1, -0.05) is 0 Å². The number of carbonyl (C=O) groups excluding carboxylic acids is 2. The number of likely N-dealkylation sites (N-methyl/N-ethyl adjacent to an activating group) is 1. The maximum atomic E-state index is 11.9. The van der Waals surface area contributed by atoms with Gasteiger partial charge in [0.25, 0.3) is 11.1 Å². The van der Waals surface area contributed by atoms with E-state index in [0.29, 0.717) is 6.54 Å². The Hall–Kier alpha value is -1.69. The molecule has 1 aliphatic rings. The van der Waals surface area contributed by atoms with E-state index in [0.717, 1.165) is 23.2 Å². The van der Waals surface area contributed by atoms with Crippen LogP contribution < -0.4 is 10.1 Å². The van der Waals surface area contributed by atoms with Crippen LogP contribution in [0.15, 0.2) is 24.3 Å². The number of nitrogens with one attached hydrogen (secondary N) is 1. The maximum Gasteiger partial charge on any atom is 0.290 e. The molecule has 96 valence electrons. The van der Waals surface area contributed by atoms with Gasteiger partial charge < -0.3 is 10.1 Å². The third kappa shape index (κ3) is 2.43. The van der Waals surface area contributed by atoms with Crippen LogP contribution in [0, 0.1) is 0 Å². The summed E-state index contributed by atoms with van der Waals surface area (Å²) in [5.41, 5.74) is 0.785. The number of amides is 2. The second kappa shape index (κ2) is 5.30. The van der Waals surface area contributed by atoms with E-state index in [-0.39, 0.29) is 11.1 Å². The Morgan fingerprint density at radius 2 is 2.00 bits per heavy atom. The fourth-order valence-electron chi connectivity index (χ4n) is 1.66. The highest BCUT2D eigenvalue weighted by atomic mass is 32.2. The molecule has 1 aromatic rings. The van der Waals surface area contributed by atoms with Gasteiger partial charge in [-0.25, -0.2) is 0 Å². The second-order valence-corrected chi connectivity index (χ2v) is 4.78. The summed E-state index contributed by atoms with van der Waals surface area (Å²) in [4.78, 5) is 24.6. The molecule has 1 fully saturated rings. The van der Waals surface area contributed by atoms with Gasteiger partial charge in [-0.05, 0) is 43.0 Å². The first kappa shape index (κ1) is 12.8. The summed E-state index contributed by atoms with van der Waals surface area (Å²) >= 11 is 1.01. The Bertz CT molecular complexity index is 461. The van der Waals surface area contributed by atoms with Gasteiger partial charge in [-0.3, -0.25) is 14.5 Å². The molecule has 2 rings (SSSR count). The van der Waals surface area contributed by atoms with E-state index in [1.807, 2.05) is 12.1 Å². The molecule has 6 heteroatoms. The summed E-state index contributed by atoms with van der Waals surface area (Å²) in [5.74, 6) is 0.556. The van der Waals surface area contributed by atoms with Crippen LogP contribution in [0.5, 0.6) is 5.75 Å². The van der Waals surface area contributed by atoms with Crippen LogP contribution >= 0.6 is 11.8 Å². The number of imide groups is 1. The van der Waals surface area contributed by atoms with E-state index in [1.54, 1.807) is 26.2 Å². The van der Waals surface area contributed by atoms with Gasteiger partial charge >= 0.3 is 0 Å². The largest absolute Gasteiger partial charge is 0.497 e. The van der Waals surface area contributed by atoms with Crippen LogP contribution in [-0.4, -0.2) is 35.1 Å². The number of hydrogen-bond donors (Lipinski definition) is 1. The number of anilines is 1. The lowest BCUT2D eigenvalue weighted by molar-refractivity contribution is -0.126. The van der Waals surface area contributed by atoms with Gasteiger partial charge in [0.05, 0.1) is 7.11 Å². The van der Waals surface area contributed by atoms with Crippen molar-refractivity contribution < 1.29 is 14.3 Å². The average Bonchev–Trinajstić information content (AvgIpc) is 2.65. The molecule has 0 radical (unpaired) electrons. The minimum absolute atomic E-state index is 0.191. The fourth-order valence-corrected chi connectivity index (χ4v) is 2.63. The normalized spacial score (nSPS) is 19.2. The Morgan fingerprint density at radius 1 is 1.33 bits per heavy atom. The average molecular weight is 266 g/mol. The number of ether oxygens (including phenoxy) is 1. The minimum atomic E-state index is -0.536. The first-order valence-corrected chi connectivity index (χ1v) is 6.46. The Morgan fingerprint density at radius 3 is 2.50 bits per heavy atom. The van der Waals surface area contributed by atoms with Gasteiger partial charge in [0.15, 0.2) is 5.37 Å². The third-order valence-electron chi connectivity index (χ3n) is 2.63. The van der Waals surface area contributed by atoms with Crippen molar-refractivity contribution in [3.8, 4) is 5.75 Å². The Kier molecular flexibility index (Phi) is 3.76. The van der Waals surface area contributed by atoms with Crippen molar-refractivity contribution >= 4 is 28.6 Å². The summed E-state index contributed by atoms with van der Waals surface area (Å²) in [7, 11) is 1.59. The number of thioether (sulfide) groups is 1. The van der Waals surface area contributed by atoms with Crippen LogP contribution in [0.2, 0.25) is 0 Å².